The second-order valence-electron chi connectivity index (χ2n) is 4.52. The molecule has 1 atom stereocenters. The van der Waals surface area contributed by atoms with Crippen LogP contribution in [0, 0.1) is 5.82 Å². The van der Waals surface area contributed by atoms with Crippen molar-refractivity contribution in [2.75, 3.05) is 6.54 Å². The normalized spacial score (nSPS) is 12.3. The Kier molecular flexibility index (Phi) is 5.49. The molecular weight excluding hydrogens is 273 g/mol. The molecule has 1 aromatic carbocycles. The van der Waals surface area contributed by atoms with Crippen LogP contribution < -0.4 is 5.32 Å². The number of nitrogens with one attached hydrogen (secondary N) is 1. The zero-order valence-electron chi connectivity index (χ0n) is 11.6. The molecule has 2 aromatic rings. The standard InChI is InChI=1S/C15H18FN3S/c1-3-7-18-11(2)12-4-5-14(13(16)9-12)20-15-6-8-17-10-19-15/h4-6,8-11,18H,3,7H2,1-2H3. The van der Waals surface area contributed by atoms with Gasteiger partial charge in [0, 0.05) is 17.1 Å². The molecule has 1 N–H and O–H groups in total. The van der Waals surface area contributed by atoms with Gasteiger partial charge in [0.1, 0.15) is 17.2 Å². The number of benzene rings is 1. The molecule has 0 saturated carbocycles. The Morgan fingerprint density at radius 1 is 1.35 bits per heavy atom. The van der Waals surface area contributed by atoms with Crippen LogP contribution in [-0.4, -0.2) is 16.5 Å². The van der Waals surface area contributed by atoms with Crippen molar-refractivity contribution in [1.29, 1.82) is 0 Å². The molecule has 5 heteroatoms. The van der Waals surface area contributed by atoms with Gasteiger partial charge in [-0.25, -0.2) is 14.4 Å². The maximum absolute atomic E-state index is 14.1. The van der Waals surface area contributed by atoms with Crippen LogP contribution in [0.1, 0.15) is 31.9 Å². The first-order valence-corrected chi connectivity index (χ1v) is 7.49. The molecule has 20 heavy (non-hydrogen) atoms. The van der Waals surface area contributed by atoms with Crippen molar-refractivity contribution in [1.82, 2.24) is 15.3 Å². The second-order valence-corrected chi connectivity index (χ2v) is 5.58. The average Bonchev–Trinajstić information content (AvgIpc) is 2.48. The third-order valence-electron chi connectivity index (χ3n) is 2.93. The molecule has 3 nitrogen and oxygen atoms in total. The van der Waals surface area contributed by atoms with Crippen molar-refractivity contribution in [3.05, 3.63) is 48.2 Å². The van der Waals surface area contributed by atoms with Gasteiger partial charge >= 0.3 is 0 Å². The quantitative estimate of drug-likeness (QED) is 0.821. The molecule has 0 aliphatic rings. The van der Waals surface area contributed by atoms with E-state index in [2.05, 4.69) is 22.2 Å². The van der Waals surface area contributed by atoms with E-state index in [1.165, 1.54) is 18.1 Å². The van der Waals surface area contributed by atoms with E-state index in [9.17, 15) is 4.39 Å². The highest BCUT2D eigenvalue weighted by Crippen LogP contribution is 2.29. The highest BCUT2D eigenvalue weighted by molar-refractivity contribution is 7.99. The van der Waals surface area contributed by atoms with E-state index in [1.807, 2.05) is 19.1 Å². The van der Waals surface area contributed by atoms with Gasteiger partial charge in [0.05, 0.1) is 0 Å². The first-order chi connectivity index (χ1) is 9.70. The van der Waals surface area contributed by atoms with Crippen molar-refractivity contribution in [3.63, 3.8) is 0 Å². The lowest BCUT2D eigenvalue weighted by atomic mass is 10.1. The summed E-state index contributed by atoms with van der Waals surface area (Å²) in [5.74, 6) is -0.212. The lowest BCUT2D eigenvalue weighted by Gasteiger charge is -2.14. The van der Waals surface area contributed by atoms with Gasteiger partial charge in [-0.2, -0.15) is 0 Å². The van der Waals surface area contributed by atoms with E-state index in [4.69, 9.17) is 0 Å². The number of hydrogen-bond donors (Lipinski definition) is 1. The van der Waals surface area contributed by atoms with E-state index in [0.717, 1.165) is 23.6 Å². The van der Waals surface area contributed by atoms with Gasteiger partial charge < -0.3 is 5.32 Å². The van der Waals surface area contributed by atoms with Crippen LogP contribution in [0.4, 0.5) is 4.39 Å². The lowest BCUT2D eigenvalue weighted by molar-refractivity contribution is 0.556. The Balaban J connectivity index is 2.10. The number of hydrogen-bond acceptors (Lipinski definition) is 4. The summed E-state index contributed by atoms with van der Waals surface area (Å²) in [6.07, 6.45) is 4.18. The fraction of sp³-hybridized carbons (Fsp3) is 0.333. The van der Waals surface area contributed by atoms with Gasteiger partial charge in [-0.05, 0) is 43.7 Å². The molecule has 1 unspecified atom stereocenters. The SMILES string of the molecule is CCCNC(C)c1ccc(Sc2ccncn2)c(F)c1. The van der Waals surface area contributed by atoms with Crippen molar-refractivity contribution >= 4 is 11.8 Å². The molecule has 0 aliphatic heterocycles. The van der Waals surface area contributed by atoms with Crippen LogP contribution in [-0.2, 0) is 0 Å². The molecular formula is C15H18FN3S. The maximum Gasteiger partial charge on any atom is 0.137 e. The molecule has 0 fully saturated rings. The predicted molar refractivity (Wildman–Crippen MR) is 79.3 cm³/mol. The predicted octanol–water partition coefficient (Wildman–Crippen LogP) is 3.83. The first-order valence-electron chi connectivity index (χ1n) is 6.67. The van der Waals surface area contributed by atoms with Crippen LogP contribution >= 0.6 is 11.8 Å². The fourth-order valence-electron chi connectivity index (χ4n) is 1.80. The van der Waals surface area contributed by atoms with Crippen molar-refractivity contribution < 1.29 is 4.39 Å². The number of rotatable bonds is 6. The second kappa shape index (κ2) is 7.36. The maximum atomic E-state index is 14.1. The highest BCUT2D eigenvalue weighted by Gasteiger charge is 2.10. The molecule has 0 radical (unpaired) electrons. The minimum Gasteiger partial charge on any atom is -0.310 e. The molecule has 1 heterocycles. The van der Waals surface area contributed by atoms with E-state index < -0.39 is 0 Å². The van der Waals surface area contributed by atoms with Crippen LogP contribution in [0.3, 0.4) is 0 Å². The third kappa shape index (κ3) is 4.02. The van der Waals surface area contributed by atoms with Crippen molar-refractivity contribution in [2.45, 2.75) is 36.2 Å². The van der Waals surface area contributed by atoms with Crippen LogP contribution in [0.15, 0.2) is 46.7 Å². The van der Waals surface area contributed by atoms with Gasteiger partial charge in [0.15, 0.2) is 0 Å². The Bertz CT molecular complexity index is 548. The Labute approximate surface area is 123 Å². The third-order valence-corrected chi connectivity index (χ3v) is 3.93. The van der Waals surface area contributed by atoms with Crippen molar-refractivity contribution in [3.8, 4) is 0 Å². The van der Waals surface area contributed by atoms with E-state index in [1.54, 1.807) is 18.3 Å². The summed E-state index contributed by atoms with van der Waals surface area (Å²) in [6, 6.07) is 7.28. The topological polar surface area (TPSA) is 37.8 Å². The smallest absolute Gasteiger partial charge is 0.137 e. The van der Waals surface area contributed by atoms with E-state index in [-0.39, 0.29) is 11.9 Å². The van der Waals surface area contributed by atoms with E-state index in [0.29, 0.717) is 4.90 Å². The number of aromatic nitrogens is 2. The van der Waals surface area contributed by atoms with Gasteiger partial charge in [-0.1, -0.05) is 24.8 Å². The minimum absolute atomic E-state index is 0.155. The Morgan fingerprint density at radius 2 is 2.20 bits per heavy atom. The van der Waals surface area contributed by atoms with Crippen molar-refractivity contribution in [2.24, 2.45) is 0 Å². The minimum atomic E-state index is -0.212. The molecule has 2 rings (SSSR count). The molecule has 0 bridgehead atoms. The van der Waals surface area contributed by atoms with Crippen LogP contribution in [0.25, 0.3) is 0 Å². The summed E-state index contributed by atoms with van der Waals surface area (Å²) in [4.78, 5) is 8.51. The zero-order chi connectivity index (χ0) is 14.4. The fourth-order valence-corrected chi connectivity index (χ4v) is 2.55. The summed E-state index contributed by atoms with van der Waals surface area (Å²) < 4.78 is 14.1. The average molecular weight is 291 g/mol. The summed E-state index contributed by atoms with van der Waals surface area (Å²) >= 11 is 1.31. The van der Waals surface area contributed by atoms with Gasteiger partial charge in [0.25, 0.3) is 0 Å². The van der Waals surface area contributed by atoms with E-state index >= 15 is 0 Å². The molecule has 1 aromatic heterocycles. The molecule has 0 saturated heterocycles. The van der Waals surface area contributed by atoms with Crippen LogP contribution in [0.2, 0.25) is 0 Å². The summed E-state index contributed by atoms with van der Waals surface area (Å²) in [5.41, 5.74) is 0.961. The summed E-state index contributed by atoms with van der Waals surface area (Å²) in [6.45, 7) is 5.09. The van der Waals surface area contributed by atoms with Crippen LogP contribution in [0.5, 0.6) is 0 Å². The van der Waals surface area contributed by atoms with Gasteiger partial charge in [0.2, 0.25) is 0 Å². The zero-order valence-corrected chi connectivity index (χ0v) is 12.5. The Hall–Kier alpha value is -1.46. The molecule has 106 valence electrons. The first kappa shape index (κ1) is 14.9. The molecule has 0 amide bonds. The number of nitrogens with zero attached hydrogens (tertiary/aromatic N) is 2. The largest absolute Gasteiger partial charge is 0.310 e. The van der Waals surface area contributed by atoms with Gasteiger partial charge in [-0.3, -0.25) is 0 Å². The van der Waals surface area contributed by atoms with Gasteiger partial charge in [-0.15, -0.1) is 0 Å². The highest BCUT2D eigenvalue weighted by atomic mass is 32.2. The molecule has 0 spiro atoms. The lowest BCUT2D eigenvalue weighted by Crippen LogP contribution is -2.19. The Morgan fingerprint density at radius 3 is 2.85 bits per heavy atom. The molecule has 0 aliphatic carbocycles. The summed E-state index contributed by atoms with van der Waals surface area (Å²) in [5, 5.41) is 4.09. The number of halogens is 1. The summed E-state index contributed by atoms with van der Waals surface area (Å²) in [7, 11) is 0. The monoisotopic (exact) mass is 291 g/mol.